The first-order chi connectivity index (χ1) is 6.86. The van der Waals surface area contributed by atoms with Crippen molar-refractivity contribution in [1.29, 1.82) is 0 Å². The summed E-state index contributed by atoms with van der Waals surface area (Å²) in [7, 11) is 2.06. The second kappa shape index (κ2) is 6.26. The average molecular weight is 338 g/mol. The van der Waals surface area contributed by atoms with Gasteiger partial charge in [-0.15, -0.1) is 35.3 Å². The minimum Gasteiger partial charge on any atom is -0.356 e. The number of guanidine groups is 1. The van der Waals surface area contributed by atoms with Gasteiger partial charge >= 0.3 is 0 Å². The van der Waals surface area contributed by atoms with Crippen molar-refractivity contribution in [2.75, 3.05) is 26.7 Å². The van der Waals surface area contributed by atoms with Gasteiger partial charge in [-0.1, -0.05) is 0 Å². The highest BCUT2D eigenvalue weighted by atomic mass is 127. The third-order valence-corrected chi connectivity index (χ3v) is 3.00. The maximum absolute atomic E-state index is 4.35. The number of hydrogen-bond donors (Lipinski definition) is 1. The maximum atomic E-state index is 4.35. The molecule has 0 unspecified atom stereocenters. The molecule has 2 rings (SSSR count). The molecule has 0 fully saturated rings. The molecule has 0 saturated heterocycles. The largest absolute Gasteiger partial charge is 0.356 e. The Hall–Kier alpha value is -0.370. The summed E-state index contributed by atoms with van der Waals surface area (Å²) in [6.07, 6.45) is 2.82. The summed E-state index contributed by atoms with van der Waals surface area (Å²) in [4.78, 5) is 10.7. The van der Waals surface area contributed by atoms with Crippen LogP contribution in [0, 0.1) is 0 Å². The van der Waals surface area contributed by atoms with Gasteiger partial charge in [-0.2, -0.15) is 0 Å². The van der Waals surface area contributed by atoms with Crippen LogP contribution in [-0.2, 0) is 6.42 Å². The van der Waals surface area contributed by atoms with Crippen molar-refractivity contribution >= 4 is 41.3 Å². The number of hydrogen-bond acceptors (Lipinski definition) is 5. The molecule has 0 aliphatic carbocycles. The van der Waals surface area contributed by atoms with Crippen LogP contribution in [0.1, 0.15) is 5.01 Å². The molecule has 1 aliphatic heterocycles. The molecule has 1 aromatic heterocycles. The van der Waals surface area contributed by atoms with Crippen molar-refractivity contribution < 1.29 is 0 Å². The normalized spacial score (nSPS) is 14.7. The van der Waals surface area contributed by atoms with Crippen molar-refractivity contribution in [1.82, 2.24) is 15.2 Å². The van der Waals surface area contributed by atoms with Crippen molar-refractivity contribution in [2.45, 2.75) is 6.42 Å². The third-order valence-electron chi connectivity index (χ3n) is 2.16. The summed E-state index contributed by atoms with van der Waals surface area (Å²) in [5, 5.41) is 6.50. The van der Waals surface area contributed by atoms with Crippen LogP contribution in [0.3, 0.4) is 0 Å². The molecule has 0 spiro atoms. The highest BCUT2D eigenvalue weighted by molar-refractivity contribution is 14.0. The summed E-state index contributed by atoms with van der Waals surface area (Å²) in [6, 6.07) is 0. The van der Waals surface area contributed by atoms with E-state index in [0.717, 1.165) is 32.0 Å². The van der Waals surface area contributed by atoms with E-state index in [1.165, 1.54) is 5.01 Å². The van der Waals surface area contributed by atoms with Gasteiger partial charge < -0.3 is 10.2 Å². The standard InChI is InChI=1S/C9H14N4S.HI/c1-13-6-4-12-9(13)11-3-2-8-10-5-7-14-8;/h5,7H,2-4,6H2,1H3,(H,11,12);1H. The number of likely N-dealkylation sites (N-methyl/N-ethyl adjacent to an activating group) is 1. The predicted molar refractivity (Wildman–Crippen MR) is 74.2 cm³/mol. The molecule has 1 aromatic rings. The average Bonchev–Trinajstić information content (AvgIpc) is 2.78. The lowest BCUT2D eigenvalue weighted by Gasteiger charge is -2.14. The summed E-state index contributed by atoms with van der Waals surface area (Å²) in [6.45, 7) is 2.85. The van der Waals surface area contributed by atoms with Crippen molar-refractivity contribution in [3.05, 3.63) is 16.6 Å². The monoisotopic (exact) mass is 338 g/mol. The zero-order chi connectivity index (χ0) is 9.80. The first-order valence-corrected chi connectivity index (χ1v) is 5.62. The number of nitrogens with one attached hydrogen (secondary N) is 1. The van der Waals surface area contributed by atoms with Crippen LogP contribution in [0.2, 0.25) is 0 Å². The van der Waals surface area contributed by atoms with Gasteiger partial charge in [-0.05, 0) is 0 Å². The van der Waals surface area contributed by atoms with Gasteiger partial charge in [0.25, 0.3) is 0 Å². The fourth-order valence-corrected chi connectivity index (χ4v) is 2.00. The highest BCUT2D eigenvalue weighted by Gasteiger charge is 2.10. The molecular weight excluding hydrogens is 323 g/mol. The second-order valence-electron chi connectivity index (χ2n) is 3.23. The Morgan fingerprint density at radius 2 is 2.47 bits per heavy atom. The quantitative estimate of drug-likeness (QED) is 0.842. The van der Waals surface area contributed by atoms with Crippen LogP contribution in [0.15, 0.2) is 16.6 Å². The Labute approximate surface area is 111 Å². The number of thiazole rings is 1. The van der Waals surface area contributed by atoms with Crippen molar-refractivity contribution in [2.24, 2.45) is 4.99 Å². The minimum atomic E-state index is 0. The van der Waals surface area contributed by atoms with Gasteiger partial charge in [0.15, 0.2) is 5.96 Å². The van der Waals surface area contributed by atoms with Crippen molar-refractivity contribution in [3.8, 4) is 0 Å². The molecule has 0 atom stereocenters. The smallest absolute Gasteiger partial charge is 0.193 e. The van der Waals surface area contributed by atoms with Crippen LogP contribution in [0.5, 0.6) is 0 Å². The first-order valence-electron chi connectivity index (χ1n) is 4.74. The molecule has 2 heterocycles. The molecule has 4 nitrogen and oxygen atoms in total. The van der Waals surface area contributed by atoms with E-state index in [9.17, 15) is 0 Å². The molecule has 0 saturated carbocycles. The summed E-state index contributed by atoms with van der Waals surface area (Å²) < 4.78 is 0. The third kappa shape index (κ3) is 3.60. The Bertz CT molecular complexity index is 312. The topological polar surface area (TPSA) is 40.5 Å². The van der Waals surface area contributed by atoms with Crippen molar-refractivity contribution in [3.63, 3.8) is 0 Å². The van der Waals surface area contributed by atoms with Gasteiger partial charge in [-0.25, -0.2) is 4.98 Å². The van der Waals surface area contributed by atoms with Crippen LogP contribution >= 0.6 is 35.3 Å². The van der Waals surface area contributed by atoms with E-state index in [-0.39, 0.29) is 24.0 Å². The van der Waals surface area contributed by atoms with E-state index in [1.807, 2.05) is 11.6 Å². The van der Waals surface area contributed by atoms with E-state index in [2.05, 4.69) is 27.2 Å². The van der Waals surface area contributed by atoms with Crippen LogP contribution in [0.4, 0.5) is 0 Å². The van der Waals surface area contributed by atoms with E-state index in [1.54, 1.807) is 11.3 Å². The fraction of sp³-hybridized carbons (Fsp3) is 0.556. The second-order valence-corrected chi connectivity index (χ2v) is 4.21. The lowest BCUT2D eigenvalue weighted by atomic mass is 10.4. The molecule has 1 N–H and O–H groups in total. The van der Waals surface area contributed by atoms with Gasteiger partial charge in [-0.3, -0.25) is 4.99 Å². The molecule has 1 aliphatic rings. The first kappa shape index (κ1) is 12.7. The maximum Gasteiger partial charge on any atom is 0.193 e. The van der Waals surface area contributed by atoms with Gasteiger partial charge in [0.1, 0.15) is 0 Å². The lowest BCUT2D eigenvalue weighted by Crippen LogP contribution is -2.36. The molecule has 0 amide bonds. The van der Waals surface area contributed by atoms with E-state index in [0.29, 0.717) is 0 Å². The van der Waals surface area contributed by atoms with E-state index in [4.69, 9.17) is 0 Å². The Balaban J connectivity index is 0.00000112. The lowest BCUT2D eigenvalue weighted by molar-refractivity contribution is 0.534. The summed E-state index contributed by atoms with van der Waals surface area (Å²) >= 11 is 1.70. The molecule has 84 valence electrons. The number of nitrogens with zero attached hydrogens (tertiary/aromatic N) is 3. The number of halogens is 1. The molecular formula is C9H15IN4S. The molecule has 0 bridgehead atoms. The van der Waals surface area contributed by atoms with Crippen LogP contribution < -0.4 is 5.32 Å². The van der Waals surface area contributed by atoms with Crippen LogP contribution in [-0.4, -0.2) is 42.5 Å². The molecule has 0 aromatic carbocycles. The van der Waals surface area contributed by atoms with Gasteiger partial charge in [0.2, 0.25) is 0 Å². The highest BCUT2D eigenvalue weighted by Crippen LogP contribution is 2.03. The fourth-order valence-electron chi connectivity index (χ4n) is 1.38. The molecule has 6 heteroatoms. The van der Waals surface area contributed by atoms with E-state index < -0.39 is 0 Å². The minimum absolute atomic E-state index is 0. The van der Waals surface area contributed by atoms with Gasteiger partial charge in [0, 0.05) is 38.1 Å². The summed E-state index contributed by atoms with van der Waals surface area (Å²) in [5.41, 5.74) is 0. The number of aromatic nitrogens is 1. The molecule has 15 heavy (non-hydrogen) atoms. The zero-order valence-electron chi connectivity index (χ0n) is 8.64. The zero-order valence-corrected chi connectivity index (χ0v) is 11.8. The Morgan fingerprint density at radius 1 is 1.60 bits per heavy atom. The molecule has 0 radical (unpaired) electrons. The predicted octanol–water partition coefficient (Wildman–Crippen LogP) is 1.19. The summed E-state index contributed by atoms with van der Waals surface area (Å²) in [5.74, 6) is 1.02. The SMILES string of the molecule is CN1CCN=C1NCCc1nccs1.I. The Morgan fingerprint density at radius 3 is 3.07 bits per heavy atom. The van der Waals surface area contributed by atoms with Gasteiger partial charge in [0.05, 0.1) is 11.6 Å². The van der Waals surface area contributed by atoms with Crippen LogP contribution in [0.25, 0.3) is 0 Å². The Kier molecular flexibility index (Phi) is 5.30. The van der Waals surface area contributed by atoms with E-state index >= 15 is 0 Å². The number of rotatable bonds is 3. The number of aliphatic imine (C=N–C) groups is 1.